The molecule has 9 rings (SSSR count). The van der Waals surface area contributed by atoms with Crippen LogP contribution in [0.15, 0.2) is 164 Å². The first-order chi connectivity index (χ1) is 23.2. The van der Waals surface area contributed by atoms with Gasteiger partial charge in [-0.2, -0.15) is 0 Å². The molecule has 9 aromatic rings. The number of aromatic nitrogens is 3. The molecule has 7 aromatic carbocycles. The van der Waals surface area contributed by atoms with Crippen molar-refractivity contribution in [2.45, 2.75) is 0 Å². The summed E-state index contributed by atoms with van der Waals surface area (Å²) < 4.78 is 2.50. The van der Waals surface area contributed by atoms with Gasteiger partial charge in [-0.15, -0.1) is 11.3 Å². The predicted octanol–water partition coefficient (Wildman–Crippen LogP) is 11.7. The summed E-state index contributed by atoms with van der Waals surface area (Å²) in [6, 6.07) is 57.6. The molecule has 0 aliphatic rings. The summed E-state index contributed by atoms with van der Waals surface area (Å²) in [6.07, 6.45) is 0. The molecule has 0 amide bonds. The first kappa shape index (κ1) is 27.3. The number of thiophene rings is 1. The van der Waals surface area contributed by atoms with Gasteiger partial charge in [-0.3, -0.25) is 0 Å². The van der Waals surface area contributed by atoms with E-state index >= 15 is 0 Å². The number of rotatable bonds is 5. The molecule has 0 atom stereocenters. The lowest BCUT2D eigenvalue weighted by molar-refractivity contribution is 1.07. The van der Waals surface area contributed by atoms with Crippen molar-refractivity contribution in [1.82, 2.24) is 15.0 Å². The minimum absolute atomic E-state index is 0.652. The van der Waals surface area contributed by atoms with E-state index in [1.165, 1.54) is 42.1 Å². The molecule has 220 valence electrons. The highest BCUT2D eigenvalue weighted by Crippen LogP contribution is 2.36. The average molecular weight is 618 g/mol. The van der Waals surface area contributed by atoms with Crippen LogP contribution >= 0.6 is 11.3 Å². The van der Waals surface area contributed by atoms with Gasteiger partial charge < -0.3 is 0 Å². The molecule has 0 spiro atoms. The summed E-state index contributed by atoms with van der Waals surface area (Å²) >= 11 is 1.80. The number of hydrogen-bond acceptors (Lipinski definition) is 4. The minimum atomic E-state index is 0.652. The number of nitrogens with zero attached hydrogens (tertiary/aromatic N) is 3. The Morgan fingerprint density at radius 3 is 1.51 bits per heavy atom. The molecule has 0 N–H and O–H groups in total. The Balaban J connectivity index is 1.14. The van der Waals surface area contributed by atoms with Gasteiger partial charge in [0, 0.05) is 36.9 Å². The van der Waals surface area contributed by atoms with Crippen LogP contribution in [0.1, 0.15) is 0 Å². The van der Waals surface area contributed by atoms with Crippen LogP contribution in [0.4, 0.5) is 0 Å². The van der Waals surface area contributed by atoms with Crippen LogP contribution in [0.3, 0.4) is 0 Å². The highest BCUT2D eigenvalue weighted by atomic mass is 32.1. The zero-order valence-electron chi connectivity index (χ0n) is 25.3. The fraction of sp³-hybridized carbons (Fsp3) is 0. The van der Waals surface area contributed by atoms with Crippen molar-refractivity contribution in [3.8, 4) is 56.4 Å². The lowest BCUT2D eigenvalue weighted by Gasteiger charge is -2.10. The van der Waals surface area contributed by atoms with Gasteiger partial charge in [0.2, 0.25) is 0 Å². The molecule has 2 heterocycles. The van der Waals surface area contributed by atoms with E-state index in [4.69, 9.17) is 15.0 Å². The molecule has 0 fully saturated rings. The minimum Gasteiger partial charge on any atom is -0.208 e. The fourth-order valence-corrected chi connectivity index (χ4v) is 7.40. The molecular formula is C43H27N3S. The highest BCUT2D eigenvalue weighted by Gasteiger charge is 2.15. The fourth-order valence-electron chi connectivity index (χ4n) is 6.25. The van der Waals surface area contributed by atoms with Crippen molar-refractivity contribution in [3.63, 3.8) is 0 Å². The average Bonchev–Trinajstić information content (AvgIpc) is 3.53. The molecular weight excluding hydrogens is 591 g/mol. The van der Waals surface area contributed by atoms with Crippen LogP contribution < -0.4 is 0 Å². The normalized spacial score (nSPS) is 11.4. The number of hydrogen-bond donors (Lipinski definition) is 0. The topological polar surface area (TPSA) is 38.7 Å². The van der Waals surface area contributed by atoms with E-state index in [2.05, 4.69) is 158 Å². The van der Waals surface area contributed by atoms with Crippen LogP contribution in [0, 0.1) is 0 Å². The standard InChI is InChI=1S/C43H27N3S/c1-2-8-28(9-3-1)30-14-19-32(20-15-30)41-44-42(33-21-16-31(17-22-33)35-23-18-29-10-4-5-11-34(29)26-35)46-43(45-41)36-24-25-38-37-12-6-7-13-39(37)47-40(38)27-36/h1-27H. The van der Waals surface area contributed by atoms with Crippen LogP contribution in [-0.4, -0.2) is 15.0 Å². The Kier molecular flexibility index (Phi) is 6.65. The van der Waals surface area contributed by atoms with Crippen molar-refractivity contribution in [2.75, 3.05) is 0 Å². The molecule has 2 aromatic heterocycles. The molecule has 0 saturated carbocycles. The van der Waals surface area contributed by atoms with Crippen molar-refractivity contribution in [3.05, 3.63) is 164 Å². The number of fused-ring (bicyclic) bond motifs is 4. The van der Waals surface area contributed by atoms with Crippen molar-refractivity contribution in [1.29, 1.82) is 0 Å². The maximum atomic E-state index is 5.05. The largest absolute Gasteiger partial charge is 0.208 e. The third-order valence-electron chi connectivity index (χ3n) is 8.75. The number of benzene rings is 7. The molecule has 4 heteroatoms. The Hall–Kier alpha value is -5.97. The van der Waals surface area contributed by atoms with E-state index in [9.17, 15) is 0 Å². The second-order valence-corrected chi connectivity index (χ2v) is 12.8. The molecule has 0 radical (unpaired) electrons. The Bertz CT molecular complexity index is 2550. The Morgan fingerprint density at radius 1 is 0.298 bits per heavy atom. The van der Waals surface area contributed by atoms with E-state index < -0.39 is 0 Å². The maximum absolute atomic E-state index is 5.05. The Labute approximate surface area is 276 Å². The van der Waals surface area contributed by atoms with Crippen LogP contribution in [-0.2, 0) is 0 Å². The summed E-state index contributed by atoms with van der Waals surface area (Å²) in [5.41, 5.74) is 7.54. The van der Waals surface area contributed by atoms with Crippen molar-refractivity contribution >= 4 is 42.3 Å². The van der Waals surface area contributed by atoms with E-state index in [1.807, 2.05) is 6.07 Å². The van der Waals surface area contributed by atoms with Gasteiger partial charge in [-0.25, -0.2) is 15.0 Å². The van der Waals surface area contributed by atoms with Crippen LogP contribution in [0.2, 0.25) is 0 Å². The van der Waals surface area contributed by atoms with Gasteiger partial charge in [-0.1, -0.05) is 146 Å². The zero-order chi connectivity index (χ0) is 31.2. The maximum Gasteiger partial charge on any atom is 0.164 e. The first-order valence-electron chi connectivity index (χ1n) is 15.7. The lowest BCUT2D eigenvalue weighted by Crippen LogP contribution is -2.00. The van der Waals surface area contributed by atoms with E-state index in [0.717, 1.165) is 27.8 Å². The van der Waals surface area contributed by atoms with Gasteiger partial charge in [0.05, 0.1) is 0 Å². The summed E-state index contributed by atoms with van der Waals surface area (Å²) in [5.74, 6) is 1.97. The Morgan fingerprint density at radius 2 is 0.787 bits per heavy atom. The molecule has 0 aliphatic heterocycles. The molecule has 0 unspecified atom stereocenters. The quantitative estimate of drug-likeness (QED) is 0.193. The van der Waals surface area contributed by atoms with Gasteiger partial charge in [0.25, 0.3) is 0 Å². The molecule has 47 heavy (non-hydrogen) atoms. The van der Waals surface area contributed by atoms with E-state index in [0.29, 0.717) is 17.5 Å². The highest BCUT2D eigenvalue weighted by molar-refractivity contribution is 7.25. The van der Waals surface area contributed by atoms with E-state index in [-0.39, 0.29) is 0 Å². The smallest absolute Gasteiger partial charge is 0.164 e. The van der Waals surface area contributed by atoms with E-state index in [1.54, 1.807) is 11.3 Å². The van der Waals surface area contributed by atoms with Crippen LogP contribution in [0.5, 0.6) is 0 Å². The predicted molar refractivity (Wildman–Crippen MR) is 197 cm³/mol. The van der Waals surface area contributed by atoms with Crippen LogP contribution in [0.25, 0.3) is 87.4 Å². The second kappa shape index (κ2) is 11.4. The van der Waals surface area contributed by atoms with Gasteiger partial charge >= 0.3 is 0 Å². The SMILES string of the molecule is c1ccc(-c2ccc(-c3nc(-c4ccc(-c5ccc6ccccc6c5)cc4)nc(-c4ccc5c(c4)sc4ccccc45)n3)cc2)cc1. The zero-order valence-corrected chi connectivity index (χ0v) is 26.2. The monoisotopic (exact) mass is 617 g/mol. The molecule has 0 saturated heterocycles. The molecule has 3 nitrogen and oxygen atoms in total. The molecule has 0 bridgehead atoms. The summed E-state index contributed by atoms with van der Waals surface area (Å²) in [7, 11) is 0. The van der Waals surface area contributed by atoms with Gasteiger partial charge in [0.1, 0.15) is 0 Å². The first-order valence-corrected chi connectivity index (χ1v) is 16.5. The van der Waals surface area contributed by atoms with Gasteiger partial charge in [-0.05, 0) is 51.2 Å². The van der Waals surface area contributed by atoms with Gasteiger partial charge in [0.15, 0.2) is 17.5 Å². The molecule has 0 aliphatic carbocycles. The lowest BCUT2D eigenvalue weighted by atomic mass is 10.00. The second-order valence-electron chi connectivity index (χ2n) is 11.7. The third-order valence-corrected chi connectivity index (χ3v) is 9.88. The summed E-state index contributed by atoms with van der Waals surface area (Å²) in [4.78, 5) is 15.1. The third kappa shape index (κ3) is 5.15. The summed E-state index contributed by atoms with van der Waals surface area (Å²) in [5, 5.41) is 5.00. The summed E-state index contributed by atoms with van der Waals surface area (Å²) in [6.45, 7) is 0. The van der Waals surface area contributed by atoms with Crippen molar-refractivity contribution in [2.24, 2.45) is 0 Å². The van der Waals surface area contributed by atoms with Crippen molar-refractivity contribution < 1.29 is 0 Å².